The van der Waals surface area contributed by atoms with Crippen LogP contribution in [0.15, 0.2) is 18.2 Å². The molecule has 1 aliphatic heterocycles. The molecule has 0 radical (unpaired) electrons. The summed E-state index contributed by atoms with van der Waals surface area (Å²) in [5.41, 5.74) is 2.41. The second-order valence-corrected chi connectivity index (χ2v) is 4.61. The fourth-order valence-corrected chi connectivity index (χ4v) is 2.21. The van der Waals surface area contributed by atoms with Gasteiger partial charge in [-0.2, -0.15) is 0 Å². The van der Waals surface area contributed by atoms with Crippen LogP contribution >= 0.6 is 11.6 Å². The van der Waals surface area contributed by atoms with E-state index in [1.807, 2.05) is 19.1 Å². The maximum atomic E-state index is 9.43. The molecule has 0 unspecified atom stereocenters. The van der Waals surface area contributed by atoms with Gasteiger partial charge in [-0.3, -0.25) is 4.90 Å². The average Bonchev–Trinajstić information content (AvgIpc) is 2.59. The molecule has 2 rings (SSSR count). The molecular formula is C12H16ClNO. The molecule has 1 saturated heterocycles. The van der Waals surface area contributed by atoms with Gasteiger partial charge in [0.1, 0.15) is 0 Å². The molecule has 1 atom stereocenters. The van der Waals surface area contributed by atoms with E-state index in [1.165, 1.54) is 5.56 Å². The minimum atomic E-state index is -0.149. The van der Waals surface area contributed by atoms with Crippen molar-refractivity contribution in [2.45, 2.75) is 26.0 Å². The van der Waals surface area contributed by atoms with E-state index >= 15 is 0 Å². The maximum absolute atomic E-state index is 9.43. The van der Waals surface area contributed by atoms with Crippen molar-refractivity contribution >= 4 is 11.6 Å². The first-order chi connectivity index (χ1) is 7.16. The zero-order valence-corrected chi connectivity index (χ0v) is 9.67. The predicted octanol–water partition coefficient (Wildman–Crippen LogP) is 2.22. The smallest absolute Gasteiger partial charge is 0.0679 e. The van der Waals surface area contributed by atoms with Crippen LogP contribution in [0.1, 0.15) is 17.5 Å². The highest BCUT2D eigenvalue weighted by Crippen LogP contribution is 2.21. The lowest BCUT2D eigenvalue weighted by Gasteiger charge is -2.16. The fraction of sp³-hybridized carbons (Fsp3) is 0.500. The molecular weight excluding hydrogens is 210 g/mol. The lowest BCUT2D eigenvalue weighted by molar-refractivity contribution is 0.174. The van der Waals surface area contributed by atoms with Gasteiger partial charge in [0.25, 0.3) is 0 Å². The van der Waals surface area contributed by atoms with Crippen molar-refractivity contribution in [2.24, 2.45) is 0 Å². The zero-order chi connectivity index (χ0) is 10.8. The Morgan fingerprint density at radius 2 is 2.33 bits per heavy atom. The molecule has 1 heterocycles. The molecule has 15 heavy (non-hydrogen) atoms. The molecule has 0 aromatic heterocycles. The second kappa shape index (κ2) is 4.52. The highest BCUT2D eigenvalue weighted by atomic mass is 35.5. The van der Waals surface area contributed by atoms with Crippen molar-refractivity contribution in [1.29, 1.82) is 0 Å². The van der Waals surface area contributed by atoms with Crippen molar-refractivity contribution in [1.82, 2.24) is 4.90 Å². The van der Waals surface area contributed by atoms with Crippen molar-refractivity contribution in [3.63, 3.8) is 0 Å². The Labute approximate surface area is 95.5 Å². The molecule has 0 bridgehead atoms. The van der Waals surface area contributed by atoms with Gasteiger partial charge in [-0.1, -0.05) is 23.7 Å². The first-order valence-electron chi connectivity index (χ1n) is 5.31. The van der Waals surface area contributed by atoms with Crippen LogP contribution in [0.2, 0.25) is 5.02 Å². The Morgan fingerprint density at radius 1 is 1.53 bits per heavy atom. The van der Waals surface area contributed by atoms with E-state index in [2.05, 4.69) is 11.0 Å². The minimum absolute atomic E-state index is 0.149. The van der Waals surface area contributed by atoms with Crippen LogP contribution in [0.25, 0.3) is 0 Å². The average molecular weight is 226 g/mol. The number of β-amino-alcohol motifs (C(OH)–C–C–N with tert-alkyl or cyclic N) is 1. The highest BCUT2D eigenvalue weighted by molar-refractivity contribution is 6.31. The lowest BCUT2D eigenvalue weighted by Crippen LogP contribution is -2.21. The standard InChI is InChI=1S/C12H16ClNO/c1-9-10(3-2-4-12(9)13)7-14-6-5-11(15)8-14/h2-4,11,15H,5-8H2,1H3/t11-/m1/s1. The van der Waals surface area contributed by atoms with Crippen LogP contribution in [-0.2, 0) is 6.54 Å². The highest BCUT2D eigenvalue weighted by Gasteiger charge is 2.20. The van der Waals surface area contributed by atoms with Crippen molar-refractivity contribution < 1.29 is 5.11 Å². The topological polar surface area (TPSA) is 23.5 Å². The van der Waals surface area contributed by atoms with Gasteiger partial charge in [0.05, 0.1) is 6.10 Å². The van der Waals surface area contributed by atoms with Crippen molar-refractivity contribution in [2.75, 3.05) is 13.1 Å². The molecule has 1 aliphatic rings. The molecule has 2 nitrogen and oxygen atoms in total. The largest absolute Gasteiger partial charge is 0.392 e. The molecule has 1 N–H and O–H groups in total. The quantitative estimate of drug-likeness (QED) is 0.835. The molecule has 1 aromatic carbocycles. The van der Waals surface area contributed by atoms with Crippen LogP contribution in [0, 0.1) is 6.92 Å². The number of hydrogen-bond acceptors (Lipinski definition) is 2. The van der Waals surface area contributed by atoms with E-state index in [4.69, 9.17) is 11.6 Å². The zero-order valence-electron chi connectivity index (χ0n) is 8.91. The van der Waals surface area contributed by atoms with Gasteiger partial charge in [0.2, 0.25) is 0 Å². The Balaban J connectivity index is 2.07. The third-order valence-electron chi connectivity index (χ3n) is 3.02. The van der Waals surface area contributed by atoms with Gasteiger partial charge < -0.3 is 5.11 Å². The molecule has 82 valence electrons. The van der Waals surface area contributed by atoms with Gasteiger partial charge in [-0.25, -0.2) is 0 Å². The van der Waals surface area contributed by atoms with E-state index in [-0.39, 0.29) is 6.10 Å². The van der Waals surface area contributed by atoms with E-state index < -0.39 is 0 Å². The summed E-state index contributed by atoms with van der Waals surface area (Å²) >= 11 is 6.06. The predicted molar refractivity (Wildman–Crippen MR) is 62.1 cm³/mol. The summed E-state index contributed by atoms with van der Waals surface area (Å²) in [7, 11) is 0. The number of benzene rings is 1. The molecule has 0 saturated carbocycles. The Kier molecular flexibility index (Phi) is 3.29. The van der Waals surface area contributed by atoms with E-state index in [9.17, 15) is 5.11 Å². The number of rotatable bonds is 2. The van der Waals surface area contributed by atoms with Crippen LogP contribution in [-0.4, -0.2) is 29.2 Å². The van der Waals surface area contributed by atoms with Gasteiger partial charge >= 0.3 is 0 Å². The fourth-order valence-electron chi connectivity index (χ4n) is 2.02. The van der Waals surface area contributed by atoms with E-state index in [0.717, 1.165) is 36.6 Å². The Bertz CT molecular complexity index is 353. The minimum Gasteiger partial charge on any atom is -0.392 e. The Hall–Kier alpha value is -0.570. The first kappa shape index (κ1) is 10.9. The van der Waals surface area contributed by atoms with Gasteiger partial charge in [0.15, 0.2) is 0 Å². The molecule has 1 fully saturated rings. The Morgan fingerprint density at radius 3 is 3.00 bits per heavy atom. The van der Waals surface area contributed by atoms with Gasteiger partial charge in [-0.05, 0) is 30.5 Å². The number of likely N-dealkylation sites (tertiary alicyclic amines) is 1. The maximum Gasteiger partial charge on any atom is 0.0679 e. The molecule has 1 aromatic rings. The van der Waals surface area contributed by atoms with Crippen LogP contribution < -0.4 is 0 Å². The summed E-state index contributed by atoms with van der Waals surface area (Å²) < 4.78 is 0. The third kappa shape index (κ3) is 2.51. The number of nitrogens with zero attached hydrogens (tertiary/aromatic N) is 1. The SMILES string of the molecule is Cc1c(Cl)cccc1CN1CC[C@@H](O)C1. The summed E-state index contributed by atoms with van der Waals surface area (Å²) in [6.45, 7) is 4.70. The van der Waals surface area contributed by atoms with Crippen LogP contribution in [0.5, 0.6) is 0 Å². The van der Waals surface area contributed by atoms with E-state index in [0.29, 0.717) is 0 Å². The summed E-state index contributed by atoms with van der Waals surface area (Å²) in [5.74, 6) is 0. The summed E-state index contributed by atoms with van der Waals surface area (Å²) in [6.07, 6.45) is 0.740. The summed E-state index contributed by atoms with van der Waals surface area (Å²) in [5, 5.41) is 10.3. The van der Waals surface area contributed by atoms with E-state index in [1.54, 1.807) is 0 Å². The molecule has 0 aliphatic carbocycles. The van der Waals surface area contributed by atoms with Crippen LogP contribution in [0.3, 0.4) is 0 Å². The number of halogens is 1. The van der Waals surface area contributed by atoms with Gasteiger partial charge in [0, 0.05) is 24.7 Å². The molecule has 3 heteroatoms. The number of hydrogen-bond donors (Lipinski definition) is 1. The monoisotopic (exact) mass is 225 g/mol. The van der Waals surface area contributed by atoms with Crippen LogP contribution in [0.4, 0.5) is 0 Å². The normalized spacial score (nSPS) is 22.2. The number of aliphatic hydroxyl groups is 1. The van der Waals surface area contributed by atoms with Crippen molar-refractivity contribution in [3.8, 4) is 0 Å². The molecule has 0 spiro atoms. The van der Waals surface area contributed by atoms with Crippen molar-refractivity contribution in [3.05, 3.63) is 34.3 Å². The third-order valence-corrected chi connectivity index (χ3v) is 3.43. The summed E-state index contributed by atoms with van der Waals surface area (Å²) in [4.78, 5) is 2.27. The number of aliphatic hydroxyl groups excluding tert-OH is 1. The summed E-state index contributed by atoms with van der Waals surface area (Å²) in [6, 6.07) is 6.00. The lowest BCUT2D eigenvalue weighted by atomic mass is 10.1. The second-order valence-electron chi connectivity index (χ2n) is 4.20. The first-order valence-corrected chi connectivity index (χ1v) is 5.69. The molecule has 0 amide bonds. The van der Waals surface area contributed by atoms with Gasteiger partial charge in [-0.15, -0.1) is 0 Å².